The summed E-state index contributed by atoms with van der Waals surface area (Å²) in [5.41, 5.74) is 6.83. The summed E-state index contributed by atoms with van der Waals surface area (Å²) in [5.74, 6) is 0. The lowest BCUT2D eigenvalue weighted by molar-refractivity contribution is 0.185. The molecule has 1 aliphatic rings. The molecule has 112 valence electrons. The Hall–Kier alpha value is -1.11. The molecular formula is C14H22N2O3S. The molecule has 1 aromatic carbocycles. The minimum atomic E-state index is -3.66. The zero-order chi connectivity index (χ0) is 15.0. The molecule has 0 aliphatic heterocycles. The summed E-state index contributed by atoms with van der Waals surface area (Å²) in [6.07, 6.45) is 3.22. The van der Waals surface area contributed by atoms with Crippen LogP contribution in [0, 0.1) is 13.8 Å². The van der Waals surface area contributed by atoms with E-state index in [9.17, 15) is 13.5 Å². The minimum Gasteiger partial charge on any atom is -0.399 e. The van der Waals surface area contributed by atoms with Gasteiger partial charge in [0.25, 0.3) is 0 Å². The molecular weight excluding hydrogens is 276 g/mol. The van der Waals surface area contributed by atoms with Crippen molar-refractivity contribution >= 4 is 15.7 Å². The number of rotatable bonds is 4. The van der Waals surface area contributed by atoms with Gasteiger partial charge in [-0.15, -0.1) is 0 Å². The van der Waals surface area contributed by atoms with E-state index < -0.39 is 15.6 Å². The van der Waals surface area contributed by atoms with Crippen molar-refractivity contribution in [2.24, 2.45) is 0 Å². The number of aryl methyl sites for hydroxylation is 2. The highest BCUT2D eigenvalue weighted by molar-refractivity contribution is 7.89. The average molecular weight is 298 g/mol. The predicted molar refractivity (Wildman–Crippen MR) is 78.9 cm³/mol. The van der Waals surface area contributed by atoms with Crippen LogP contribution in [0.25, 0.3) is 0 Å². The molecule has 1 saturated carbocycles. The number of anilines is 1. The Labute approximate surface area is 120 Å². The largest absolute Gasteiger partial charge is 0.399 e. The van der Waals surface area contributed by atoms with E-state index in [1.54, 1.807) is 26.0 Å². The van der Waals surface area contributed by atoms with Gasteiger partial charge in [0.15, 0.2) is 0 Å². The maximum atomic E-state index is 12.6. The van der Waals surface area contributed by atoms with E-state index in [1.807, 2.05) is 0 Å². The molecule has 0 bridgehead atoms. The summed E-state index contributed by atoms with van der Waals surface area (Å²) < 4.78 is 28.0. The fraction of sp³-hybridized carbons (Fsp3) is 0.571. The first-order valence-corrected chi connectivity index (χ1v) is 8.30. The Bertz CT molecular complexity index is 582. The summed E-state index contributed by atoms with van der Waals surface area (Å²) >= 11 is 0. The number of aliphatic hydroxyl groups is 1. The van der Waals surface area contributed by atoms with Crippen molar-refractivity contribution in [3.63, 3.8) is 0 Å². The number of hydrogen-bond donors (Lipinski definition) is 3. The molecule has 5 nitrogen and oxygen atoms in total. The van der Waals surface area contributed by atoms with Crippen LogP contribution in [0.2, 0.25) is 0 Å². The van der Waals surface area contributed by atoms with Crippen LogP contribution in [-0.4, -0.2) is 25.7 Å². The highest BCUT2D eigenvalue weighted by Gasteiger charge is 2.38. The number of aliphatic hydroxyl groups excluding tert-OH is 1. The van der Waals surface area contributed by atoms with Crippen LogP contribution in [0.5, 0.6) is 0 Å². The van der Waals surface area contributed by atoms with Gasteiger partial charge in [-0.05, 0) is 49.9 Å². The Balaban J connectivity index is 2.41. The molecule has 0 spiro atoms. The van der Waals surface area contributed by atoms with Crippen LogP contribution in [0.15, 0.2) is 17.0 Å². The quantitative estimate of drug-likeness (QED) is 0.734. The van der Waals surface area contributed by atoms with Gasteiger partial charge in [0.1, 0.15) is 0 Å². The number of nitrogens with two attached hydrogens (primary N) is 1. The first-order valence-electron chi connectivity index (χ1n) is 6.81. The third kappa shape index (κ3) is 2.82. The fourth-order valence-electron chi connectivity index (χ4n) is 3.09. The average Bonchev–Trinajstić information content (AvgIpc) is 2.75. The molecule has 0 atom stereocenters. The molecule has 0 aromatic heterocycles. The summed E-state index contributed by atoms with van der Waals surface area (Å²) in [5, 5.41) is 9.56. The molecule has 1 fully saturated rings. The third-order valence-electron chi connectivity index (χ3n) is 3.97. The van der Waals surface area contributed by atoms with Crippen LogP contribution >= 0.6 is 0 Å². The van der Waals surface area contributed by atoms with Crippen LogP contribution in [0.4, 0.5) is 5.69 Å². The van der Waals surface area contributed by atoms with E-state index in [0.29, 0.717) is 29.7 Å². The molecule has 4 N–H and O–H groups in total. The van der Waals surface area contributed by atoms with Crippen molar-refractivity contribution in [3.05, 3.63) is 23.3 Å². The van der Waals surface area contributed by atoms with E-state index in [0.717, 1.165) is 12.8 Å². The summed E-state index contributed by atoms with van der Waals surface area (Å²) in [6.45, 7) is 3.30. The Kier molecular flexibility index (Phi) is 4.09. The molecule has 0 amide bonds. The SMILES string of the molecule is Cc1cc(N)cc(C)c1S(=O)(=O)NC1(CO)CCCC1. The smallest absolute Gasteiger partial charge is 0.241 e. The van der Waals surface area contributed by atoms with Gasteiger partial charge < -0.3 is 10.8 Å². The second kappa shape index (κ2) is 5.35. The summed E-state index contributed by atoms with van der Waals surface area (Å²) in [4.78, 5) is 0.270. The first-order chi connectivity index (χ1) is 9.30. The maximum absolute atomic E-state index is 12.6. The lowest BCUT2D eigenvalue weighted by Gasteiger charge is -2.28. The molecule has 0 saturated heterocycles. The standard InChI is InChI=1S/C14H22N2O3S/c1-10-7-12(15)8-11(2)13(10)20(18,19)16-14(9-17)5-3-4-6-14/h7-8,16-17H,3-6,9,15H2,1-2H3. The van der Waals surface area contributed by atoms with Gasteiger partial charge in [0, 0.05) is 5.69 Å². The van der Waals surface area contributed by atoms with Crippen molar-refractivity contribution in [3.8, 4) is 0 Å². The number of hydrogen-bond acceptors (Lipinski definition) is 4. The van der Waals surface area contributed by atoms with Gasteiger partial charge in [0.05, 0.1) is 17.0 Å². The Morgan fingerprint density at radius 2 is 1.75 bits per heavy atom. The Morgan fingerprint density at radius 1 is 1.25 bits per heavy atom. The summed E-state index contributed by atoms with van der Waals surface area (Å²) in [6, 6.07) is 3.31. The van der Waals surface area contributed by atoms with Crippen molar-refractivity contribution in [1.29, 1.82) is 0 Å². The third-order valence-corrected chi connectivity index (χ3v) is 5.85. The molecule has 0 heterocycles. The van der Waals surface area contributed by atoms with E-state index in [-0.39, 0.29) is 11.5 Å². The monoisotopic (exact) mass is 298 g/mol. The second-order valence-electron chi connectivity index (χ2n) is 5.73. The van der Waals surface area contributed by atoms with Gasteiger partial charge in [-0.1, -0.05) is 12.8 Å². The van der Waals surface area contributed by atoms with Crippen molar-refractivity contribution < 1.29 is 13.5 Å². The normalized spacial score (nSPS) is 18.4. The lowest BCUT2D eigenvalue weighted by Crippen LogP contribution is -2.49. The van der Waals surface area contributed by atoms with Crippen LogP contribution in [0.3, 0.4) is 0 Å². The number of nitrogen functional groups attached to an aromatic ring is 1. The highest BCUT2D eigenvalue weighted by atomic mass is 32.2. The van der Waals surface area contributed by atoms with Gasteiger partial charge in [0.2, 0.25) is 10.0 Å². The maximum Gasteiger partial charge on any atom is 0.241 e. The molecule has 0 radical (unpaired) electrons. The van der Waals surface area contributed by atoms with Crippen LogP contribution in [0.1, 0.15) is 36.8 Å². The topological polar surface area (TPSA) is 92.4 Å². The number of benzene rings is 1. The zero-order valence-corrected chi connectivity index (χ0v) is 12.8. The van der Waals surface area contributed by atoms with E-state index in [4.69, 9.17) is 5.73 Å². The number of nitrogens with one attached hydrogen (secondary N) is 1. The van der Waals surface area contributed by atoms with Gasteiger partial charge in [-0.3, -0.25) is 0 Å². The lowest BCUT2D eigenvalue weighted by atomic mass is 10.0. The van der Waals surface area contributed by atoms with E-state index in [1.165, 1.54) is 0 Å². The van der Waals surface area contributed by atoms with E-state index in [2.05, 4.69) is 4.72 Å². The zero-order valence-electron chi connectivity index (χ0n) is 11.9. The Morgan fingerprint density at radius 3 is 2.20 bits per heavy atom. The first kappa shape index (κ1) is 15.3. The second-order valence-corrected chi connectivity index (χ2v) is 7.35. The summed E-state index contributed by atoms with van der Waals surface area (Å²) in [7, 11) is -3.66. The molecule has 2 rings (SSSR count). The molecule has 20 heavy (non-hydrogen) atoms. The van der Waals surface area contributed by atoms with Gasteiger partial charge in [-0.2, -0.15) is 0 Å². The van der Waals surface area contributed by atoms with Gasteiger partial charge >= 0.3 is 0 Å². The van der Waals surface area contributed by atoms with Gasteiger partial charge in [-0.25, -0.2) is 13.1 Å². The number of sulfonamides is 1. The minimum absolute atomic E-state index is 0.167. The highest BCUT2D eigenvalue weighted by Crippen LogP contribution is 2.32. The molecule has 0 unspecified atom stereocenters. The molecule has 6 heteroatoms. The van der Waals surface area contributed by atoms with Crippen molar-refractivity contribution in [2.45, 2.75) is 50.0 Å². The van der Waals surface area contributed by atoms with Crippen LogP contribution < -0.4 is 10.5 Å². The van der Waals surface area contributed by atoms with E-state index >= 15 is 0 Å². The molecule has 1 aromatic rings. The molecule has 1 aliphatic carbocycles. The predicted octanol–water partition coefficient (Wildman–Crippen LogP) is 1.47. The van der Waals surface area contributed by atoms with Crippen LogP contribution in [-0.2, 0) is 10.0 Å². The van der Waals surface area contributed by atoms with Crippen molar-refractivity contribution in [2.75, 3.05) is 12.3 Å². The van der Waals surface area contributed by atoms with Crippen molar-refractivity contribution in [1.82, 2.24) is 4.72 Å². The fourth-order valence-corrected chi connectivity index (χ4v) is 4.99.